The van der Waals surface area contributed by atoms with Gasteiger partial charge in [0, 0.05) is 5.56 Å². The van der Waals surface area contributed by atoms with E-state index in [1.165, 1.54) is 11.8 Å². The second-order valence-electron chi connectivity index (χ2n) is 5.49. The van der Waals surface area contributed by atoms with Crippen LogP contribution < -0.4 is 10.1 Å². The number of pyridine rings is 1. The Bertz CT molecular complexity index is 980. The molecule has 0 aliphatic carbocycles. The van der Waals surface area contributed by atoms with E-state index in [4.69, 9.17) is 4.74 Å². The molecule has 0 radical (unpaired) electrons. The minimum Gasteiger partial charge on any atom is -0.497 e. The maximum absolute atomic E-state index is 11.6. The topological polar surface area (TPSA) is 80.9 Å². The van der Waals surface area contributed by atoms with Gasteiger partial charge in [-0.05, 0) is 43.3 Å². The summed E-state index contributed by atoms with van der Waals surface area (Å²) in [5.41, 5.74) is 2.58. The van der Waals surface area contributed by atoms with E-state index < -0.39 is 0 Å². The average Bonchev–Trinajstić information content (AvgIpc) is 3.17. The first-order chi connectivity index (χ1) is 12.1. The number of nitrogens with one attached hydrogen (secondary N) is 1. The third-order valence-electron chi connectivity index (χ3n) is 3.82. The van der Waals surface area contributed by atoms with Gasteiger partial charge in [0.05, 0.1) is 18.1 Å². The van der Waals surface area contributed by atoms with Gasteiger partial charge in [0.25, 0.3) is 5.95 Å². The third kappa shape index (κ3) is 2.96. The highest BCUT2D eigenvalue weighted by Crippen LogP contribution is 2.25. The molecule has 1 N–H and O–H groups in total. The van der Waals surface area contributed by atoms with Gasteiger partial charge in [-0.3, -0.25) is 4.79 Å². The number of hydrogen-bond donors (Lipinski definition) is 1. The van der Waals surface area contributed by atoms with Crippen molar-refractivity contribution in [2.75, 3.05) is 7.11 Å². The lowest BCUT2D eigenvalue weighted by Crippen LogP contribution is -2.23. The molecule has 1 fully saturated rings. The van der Waals surface area contributed by atoms with Crippen LogP contribution in [0.25, 0.3) is 16.9 Å². The molecular formula is C17H15N5O2S. The van der Waals surface area contributed by atoms with Crippen LogP contribution in [0.3, 0.4) is 0 Å². The Kier molecular flexibility index (Phi) is 3.89. The van der Waals surface area contributed by atoms with Crippen LogP contribution in [0.15, 0.2) is 47.5 Å². The summed E-state index contributed by atoms with van der Waals surface area (Å²) < 4.78 is 6.94. The Morgan fingerprint density at radius 2 is 2.04 bits per heavy atom. The molecule has 1 unspecified atom stereocenters. The Labute approximate surface area is 148 Å². The molecule has 1 amide bonds. The summed E-state index contributed by atoms with van der Waals surface area (Å²) in [6.07, 6.45) is 0. The molecular weight excluding hydrogens is 338 g/mol. The summed E-state index contributed by atoms with van der Waals surface area (Å²) in [5.74, 6) is 1.06. The molecule has 25 heavy (non-hydrogen) atoms. The summed E-state index contributed by atoms with van der Waals surface area (Å²) >= 11 is 1.37. The highest BCUT2D eigenvalue weighted by molar-refractivity contribution is 8.15. The van der Waals surface area contributed by atoms with Gasteiger partial charge in [-0.2, -0.15) is 9.98 Å². The van der Waals surface area contributed by atoms with Crippen LogP contribution in [0.1, 0.15) is 6.92 Å². The number of carbonyl (C=O) groups excluding carboxylic acids is 1. The van der Waals surface area contributed by atoms with Gasteiger partial charge >= 0.3 is 0 Å². The van der Waals surface area contributed by atoms with E-state index in [-0.39, 0.29) is 11.2 Å². The maximum Gasteiger partial charge on any atom is 0.271 e. The summed E-state index contributed by atoms with van der Waals surface area (Å²) in [5, 5.41) is 7.57. The minimum absolute atomic E-state index is 0.0496. The predicted octanol–water partition coefficient (Wildman–Crippen LogP) is 2.64. The van der Waals surface area contributed by atoms with Gasteiger partial charge in [-0.1, -0.05) is 17.8 Å². The molecule has 3 aromatic rings. The highest BCUT2D eigenvalue weighted by atomic mass is 32.2. The predicted molar refractivity (Wildman–Crippen MR) is 97.3 cm³/mol. The molecule has 0 spiro atoms. The molecule has 1 atom stereocenters. The van der Waals surface area contributed by atoms with E-state index in [0.717, 1.165) is 17.0 Å². The molecule has 126 valence electrons. The second-order valence-corrected chi connectivity index (χ2v) is 6.82. The lowest BCUT2D eigenvalue weighted by Gasteiger charge is -2.05. The van der Waals surface area contributed by atoms with Gasteiger partial charge in [0.1, 0.15) is 5.75 Å². The van der Waals surface area contributed by atoms with Crippen LogP contribution in [0, 0.1) is 0 Å². The van der Waals surface area contributed by atoms with Crippen LogP contribution in [0.2, 0.25) is 0 Å². The number of thioether (sulfide) groups is 1. The average molecular weight is 353 g/mol. The normalized spacial score (nSPS) is 18.7. The zero-order valence-corrected chi connectivity index (χ0v) is 14.4. The number of amides is 1. The molecule has 4 rings (SSSR count). The number of carbonyl (C=O) groups is 1. The van der Waals surface area contributed by atoms with Crippen molar-refractivity contribution in [3.05, 3.63) is 42.5 Å². The summed E-state index contributed by atoms with van der Waals surface area (Å²) in [6.45, 7) is 1.83. The van der Waals surface area contributed by atoms with Gasteiger partial charge in [0.15, 0.2) is 10.8 Å². The summed E-state index contributed by atoms with van der Waals surface area (Å²) in [7, 11) is 1.64. The van der Waals surface area contributed by atoms with E-state index >= 15 is 0 Å². The largest absolute Gasteiger partial charge is 0.497 e. The standard InChI is InChI=1S/C17H15N5O2S/c1-10-15(23)19-17(25-10)20-16-18-14-5-3-4-13(22(14)21-16)11-6-8-12(24-2)9-7-11/h3-10H,1-2H3,(H,19,20,21,23). The fourth-order valence-electron chi connectivity index (χ4n) is 2.52. The van der Waals surface area contributed by atoms with E-state index in [2.05, 4.69) is 20.4 Å². The fourth-order valence-corrected chi connectivity index (χ4v) is 3.32. The molecule has 3 heterocycles. The molecule has 2 aromatic heterocycles. The Hall–Kier alpha value is -2.87. The van der Waals surface area contributed by atoms with Crippen molar-refractivity contribution >= 4 is 34.4 Å². The number of hydrogen-bond acceptors (Lipinski definition) is 6. The van der Waals surface area contributed by atoms with E-state index in [9.17, 15) is 4.79 Å². The third-order valence-corrected chi connectivity index (χ3v) is 4.81. The monoisotopic (exact) mass is 353 g/mol. The van der Waals surface area contributed by atoms with Crippen LogP contribution in [0.4, 0.5) is 5.95 Å². The molecule has 0 bridgehead atoms. The first kappa shape index (κ1) is 15.6. The number of methoxy groups -OCH3 is 1. The first-order valence-corrected chi connectivity index (χ1v) is 8.58. The molecule has 1 saturated heterocycles. The van der Waals surface area contributed by atoms with Gasteiger partial charge in [0.2, 0.25) is 5.91 Å². The Morgan fingerprint density at radius 1 is 1.24 bits per heavy atom. The van der Waals surface area contributed by atoms with Crippen molar-refractivity contribution in [3.8, 4) is 17.0 Å². The maximum atomic E-state index is 11.6. The molecule has 0 saturated carbocycles. The zero-order chi connectivity index (χ0) is 17.4. The smallest absolute Gasteiger partial charge is 0.271 e. The SMILES string of the molecule is COc1ccc(-c2cccc3nc(N=C4NC(=O)C(C)S4)nn23)cc1. The van der Waals surface area contributed by atoms with Crippen molar-refractivity contribution in [1.82, 2.24) is 19.9 Å². The number of fused-ring (bicyclic) bond motifs is 1. The Morgan fingerprint density at radius 3 is 2.72 bits per heavy atom. The van der Waals surface area contributed by atoms with Crippen molar-refractivity contribution in [3.63, 3.8) is 0 Å². The number of aliphatic imine (C=N–C) groups is 1. The van der Waals surface area contributed by atoms with Crippen LogP contribution in [0.5, 0.6) is 5.75 Å². The summed E-state index contributed by atoms with van der Waals surface area (Å²) in [4.78, 5) is 20.3. The second kappa shape index (κ2) is 6.21. The lowest BCUT2D eigenvalue weighted by atomic mass is 10.1. The van der Waals surface area contributed by atoms with Crippen molar-refractivity contribution < 1.29 is 9.53 Å². The quantitative estimate of drug-likeness (QED) is 0.783. The number of benzene rings is 1. The molecule has 7 nitrogen and oxygen atoms in total. The van der Waals surface area contributed by atoms with Crippen LogP contribution in [-0.2, 0) is 4.79 Å². The number of rotatable bonds is 3. The van der Waals surface area contributed by atoms with Crippen LogP contribution in [-0.4, -0.2) is 38.0 Å². The first-order valence-electron chi connectivity index (χ1n) is 7.70. The lowest BCUT2D eigenvalue weighted by molar-refractivity contribution is -0.118. The molecule has 1 aliphatic heterocycles. The van der Waals surface area contributed by atoms with Crippen molar-refractivity contribution in [2.45, 2.75) is 12.2 Å². The molecule has 1 aliphatic rings. The number of amidine groups is 1. The number of aromatic nitrogens is 3. The van der Waals surface area contributed by atoms with Gasteiger partial charge < -0.3 is 10.1 Å². The van der Waals surface area contributed by atoms with E-state index in [1.807, 2.05) is 49.4 Å². The number of ether oxygens (including phenoxy) is 1. The van der Waals surface area contributed by atoms with Crippen LogP contribution >= 0.6 is 11.8 Å². The molecule has 1 aromatic carbocycles. The van der Waals surface area contributed by atoms with E-state index in [0.29, 0.717) is 16.8 Å². The fraction of sp³-hybridized carbons (Fsp3) is 0.176. The van der Waals surface area contributed by atoms with Gasteiger partial charge in [-0.15, -0.1) is 5.10 Å². The van der Waals surface area contributed by atoms with Crippen molar-refractivity contribution in [1.29, 1.82) is 0 Å². The Balaban J connectivity index is 1.73. The number of nitrogens with zero attached hydrogens (tertiary/aromatic N) is 4. The minimum atomic E-state index is -0.148. The highest BCUT2D eigenvalue weighted by Gasteiger charge is 2.26. The summed E-state index contributed by atoms with van der Waals surface area (Å²) in [6, 6.07) is 13.5. The molecule has 8 heteroatoms. The zero-order valence-electron chi connectivity index (χ0n) is 13.6. The van der Waals surface area contributed by atoms with E-state index in [1.54, 1.807) is 11.6 Å². The van der Waals surface area contributed by atoms with Gasteiger partial charge in [-0.25, -0.2) is 4.52 Å². The van der Waals surface area contributed by atoms with Crippen molar-refractivity contribution in [2.24, 2.45) is 4.99 Å².